The Morgan fingerprint density at radius 3 is 2.93 bits per heavy atom. The van der Waals surface area contributed by atoms with Gasteiger partial charge in [-0.15, -0.1) is 17.8 Å². The van der Waals surface area contributed by atoms with E-state index in [-0.39, 0.29) is 0 Å². The van der Waals surface area contributed by atoms with Gasteiger partial charge in [-0.25, -0.2) is 0 Å². The maximum atomic E-state index is 5.35. The van der Waals surface area contributed by atoms with Gasteiger partial charge in [-0.05, 0) is 17.9 Å². The van der Waals surface area contributed by atoms with Crippen LogP contribution < -0.4 is 0 Å². The van der Waals surface area contributed by atoms with Gasteiger partial charge in [-0.1, -0.05) is 43.9 Å². The highest BCUT2D eigenvalue weighted by Crippen LogP contribution is 2.13. The Morgan fingerprint density at radius 1 is 1.33 bits per heavy atom. The third-order valence-electron chi connectivity index (χ3n) is 2.18. The first-order chi connectivity index (χ1) is 7.38. The third-order valence-corrected chi connectivity index (χ3v) is 3.01. The topological polar surface area (TPSA) is 0 Å². The average Bonchev–Trinajstić information content (AvgIpc) is 2.70. The molecule has 0 saturated heterocycles. The van der Waals surface area contributed by atoms with Crippen molar-refractivity contribution < 1.29 is 0 Å². The molecule has 1 aromatic rings. The minimum atomic E-state index is 0.932. The fraction of sp³-hybridized carbons (Fsp3) is 0.429. The van der Waals surface area contributed by atoms with Gasteiger partial charge in [0.05, 0.1) is 10.4 Å². The summed E-state index contributed by atoms with van der Waals surface area (Å²) in [5, 5.41) is 2.00. The normalized spacial score (nSPS) is 9.07. The molecule has 1 aromatic heterocycles. The summed E-state index contributed by atoms with van der Waals surface area (Å²) in [4.78, 5) is 1.04. The maximum Gasteiger partial charge on any atom is 0.0924 e. The van der Waals surface area contributed by atoms with Crippen molar-refractivity contribution in [3.05, 3.63) is 21.9 Å². The molecule has 1 heterocycles. The predicted octanol–water partition coefficient (Wildman–Crippen LogP) is 4.05. The average molecular weight is 216 g/mol. The lowest BCUT2D eigenvalue weighted by atomic mass is 10.1. The molecule has 15 heavy (non-hydrogen) atoms. The highest BCUT2D eigenvalue weighted by atomic mass is 32.1. The standard InChI is InChI=1S/C14H16S/c1-3-5-6-7-8-9-10-14-13(4-2)11-12-15-14/h2,11-12H,3,5-8H2,1H3. The summed E-state index contributed by atoms with van der Waals surface area (Å²) >= 11 is 1.63. The lowest BCUT2D eigenvalue weighted by Crippen LogP contribution is -1.75. The number of rotatable bonds is 4. The van der Waals surface area contributed by atoms with Gasteiger partial charge in [0.2, 0.25) is 0 Å². The first kappa shape index (κ1) is 11.9. The molecule has 0 aromatic carbocycles. The summed E-state index contributed by atoms with van der Waals surface area (Å²) < 4.78 is 0. The van der Waals surface area contributed by atoms with Crippen molar-refractivity contribution in [3.63, 3.8) is 0 Å². The van der Waals surface area contributed by atoms with Crippen LogP contribution in [-0.2, 0) is 0 Å². The van der Waals surface area contributed by atoms with Crippen LogP contribution in [0.25, 0.3) is 0 Å². The minimum Gasteiger partial charge on any atom is -0.134 e. The second kappa shape index (κ2) is 7.16. The Hall–Kier alpha value is -1.18. The highest BCUT2D eigenvalue weighted by Gasteiger charge is 1.95. The molecule has 0 aliphatic carbocycles. The monoisotopic (exact) mass is 216 g/mol. The Bertz CT molecular complexity index is 381. The third kappa shape index (κ3) is 4.24. The van der Waals surface area contributed by atoms with Crippen molar-refractivity contribution in [3.8, 4) is 24.2 Å². The van der Waals surface area contributed by atoms with E-state index < -0.39 is 0 Å². The van der Waals surface area contributed by atoms with Crippen molar-refractivity contribution in [1.29, 1.82) is 0 Å². The van der Waals surface area contributed by atoms with Crippen LogP contribution in [0.3, 0.4) is 0 Å². The van der Waals surface area contributed by atoms with Crippen LogP contribution in [0, 0.1) is 24.2 Å². The second-order valence-electron chi connectivity index (χ2n) is 3.42. The summed E-state index contributed by atoms with van der Waals surface area (Å²) in [5.74, 6) is 8.98. The van der Waals surface area contributed by atoms with E-state index in [1.807, 2.05) is 11.4 Å². The van der Waals surface area contributed by atoms with Crippen LogP contribution in [0.5, 0.6) is 0 Å². The van der Waals surface area contributed by atoms with E-state index in [1.54, 1.807) is 11.3 Å². The van der Waals surface area contributed by atoms with Gasteiger partial charge in [-0.3, -0.25) is 0 Å². The van der Waals surface area contributed by atoms with Crippen molar-refractivity contribution in [1.82, 2.24) is 0 Å². The highest BCUT2D eigenvalue weighted by molar-refractivity contribution is 7.10. The first-order valence-electron chi connectivity index (χ1n) is 5.41. The molecule has 0 saturated carbocycles. The molecule has 0 N–H and O–H groups in total. The Balaban J connectivity index is 2.35. The van der Waals surface area contributed by atoms with Crippen LogP contribution in [0.15, 0.2) is 11.4 Å². The van der Waals surface area contributed by atoms with Gasteiger partial charge in [0.15, 0.2) is 0 Å². The van der Waals surface area contributed by atoms with Gasteiger partial charge in [0.1, 0.15) is 0 Å². The first-order valence-corrected chi connectivity index (χ1v) is 6.29. The Kier molecular flexibility index (Phi) is 5.67. The van der Waals surface area contributed by atoms with Gasteiger partial charge in [0, 0.05) is 6.42 Å². The van der Waals surface area contributed by atoms with Crippen molar-refractivity contribution in [2.24, 2.45) is 0 Å². The van der Waals surface area contributed by atoms with Crippen molar-refractivity contribution in [2.45, 2.75) is 39.0 Å². The van der Waals surface area contributed by atoms with Gasteiger partial charge in [0.25, 0.3) is 0 Å². The zero-order valence-corrected chi connectivity index (χ0v) is 9.99. The fourth-order valence-corrected chi connectivity index (χ4v) is 2.03. The van der Waals surface area contributed by atoms with E-state index in [0.29, 0.717) is 0 Å². The molecule has 0 spiro atoms. The molecule has 0 aliphatic rings. The van der Waals surface area contributed by atoms with Crippen LogP contribution in [0.2, 0.25) is 0 Å². The van der Waals surface area contributed by atoms with Crippen LogP contribution >= 0.6 is 11.3 Å². The molecule has 0 radical (unpaired) electrons. The molecular formula is C14H16S. The molecule has 0 nitrogen and oxygen atoms in total. The number of hydrogen-bond donors (Lipinski definition) is 0. The summed E-state index contributed by atoms with van der Waals surface area (Å²) in [7, 11) is 0. The van der Waals surface area contributed by atoms with E-state index in [2.05, 4.69) is 24.7 Å². The van der Waals surface area contributed by atoms with Crippen LogP contribution in [0.1, 0.15) is 49.5 Å². The summed E-state index contributed by atoms with van der Waals surface area (Å²) in [5.41, 5.74) is 0.932. The smallest absolute Gasteiger partial charge is 0.0924 e. The molecule has 0 aliphatic heterocycles. The molecule has 0 amide bonds. The van der Waals surface area contributed by atoms with E-state index in [1.165, 1.54) is 25.7 Å². The lowest BCUT2D eigenvalue weighted by Gasteiger charge is -1.91. The van der Waals surface area contributed by atoms with Crippen LogP contribution in [-0.4, -0.2) is 0 Å². The largest absolute Gasteiger partial charge is 0.134 e. The molecule has 78 valence electrons. The molecule has 0 atom stereocenters. The van der Waals surface area contributed by atoms with Gasteiger partial charge >= 0.3 is 0 Å². The van der Waals surface area contributed by atoms with Crippen molar-refractivity contribution >= 4 is 11.3 Å². The fourth-order valence-electron chi connectivity index (χ4n) is 1.30. The lowest BCUT2D eigenvalue weighted by molar-refractivity contribution is 0.679. The molecule has 1 rings (SSSR count). The molecule has 0 bridgehead atoms. The molecule has 1 heteroatoms. The maximum absolute atomic E-state index is 5.35. The van der Waals surface area contributed by atoms with Gasteiger partial charge < -0.3 is 0 Å². The zero-order valence-electron chi connectivity index (χ0n) is 9.18. The summed E-state index contributed by atoms with van der Waals surface area (Å²) in [6, 6.07) is 1.95. The molecule has 0 unspecified atom stereocenters. The minimum absolute atomic E-state index is 0.932. The van der Waals surface area contributed by atoms with E-state index >= 15 is 0 Å². The van der Waals surface area contributed by atoms with Crippen LogP contribution in [0.4, 0.5) is 0 Å². The second-order valence-corrected chi connectivity index (χ2v) is 4.34. The van der Waals surface area contributed by atoms with Crippen molar-refractivity contribution in [2.75, 3.05) is 0 Å². The number of hydrogen-bond acceptors (Lipinski definition) is 1. The van der Waals surface area contributed by atoms with E-state index in [9.17, 15) is 0 Å². The Labute approximate surface area is 96.7 Å². The number of terminal acetylenes is 1. The quantitative estimate of drug-likeness (QED) is 0.526. The summed E-state index contributed by atoms with van der Waals surface area (Å²) in [6.07, 6.45) is 11.4. The SMILES string of the molecule is C#Cc1ccsc1C#CCCCCCC. The molecular weight excluding hydrogens is 200 g/mol. The zero-order chi connectivity index (χ0) is 10.9. The Morgan fingerprint density at radius 2 is 2.20 bits per heavy atom. The predicted molar refractivity (Wildman–Crippen MR) is 67.9 cm³/mol. The van der Waals surface area contributed by atoms with Gasteiger partial charge in [-0.2, -0.15) is 0 Å². The van der Waals surface area contributed by atoms with E-state index in [4.69, 9.17) is 6.42 Å². The number of thiophene rings is 1. The molecule has 0 fully saturated rings. The number of unbranched alkanes of at least 4 members (excludes halogenated alkanes) is 4. The summed E-state index contributed by atoms with van der Waals surface area (Å²) in [6.45, 7) is 2.22. The van der Waals surface area contributed by atoms with E-state index in [0.717, 1.165) is 16.9 Å².